The van der Waals surface area contributed by atoms with Crippen LogP contribution in [-0.4, -0.2) is 0 Å². The van der Waals surface area contributed by atoms with Gasteiger partial charge in [-0.15, -0.1) is 0 Å². The van der Waals surface area contributed by atoms with Gasteiger partial charge in [-0.1, -0.05) is 95.4 Å². The number of anilines is 2. The van der Waals surface area contributed by atoms with Gasteiger partial charge in [0.2, 0.25) is 0 Å². The van der Waals surface area contributed by atoms with Crippen molar-refractivity contribution in [3.8, 4) is 23.0 Å². The Kier molecular flexibility index (Phi) is 12.2. The zero-order valence-corrected chi connectivity index (χ0v) is 29.8. The van der Waals surface area contributed by atoms with Crippen LogP contribution < -0.4 is 20.9 Å². The van der Waals surface area contributed by atoms with Gasteiger partial charge in [0.15, 0.2) is 0 Å². The van der Waals surface area contributed by atoms with Crippen molar-refractivity contribution in [3.05, 3.63) is 108 Å². The standard InChI is InChI=1S/C45H58N2O2/c1-2-3-4-5-6-7-8-9-34-10-12-35(13-11-34)36-30-32-45(33-31-36,37-14-22-41(23-15-37)48-43-26-18-39(46)19-27-43)38-16-24-42(25-17-38)49-44-28-20-40(47)21-29-44/h14-29,34-36H,2-13,30-33,46-47H2,1H3/t34-,35+. The predicted molar refractivity (Wildman–Crippen MR) is 206 cm³/mol. The van der Waals surface area contributed by atoms with Crippen LogP contribution in [0, 0.1) is 17.8 Å². The summed E-state index contributed by atoms with van der Waals surface area (Å²) in [6.45, 7) is 2.30. The highest BCUT2D eigenvalue weighted by Crippen LogP contribution is 2.51. The zero-order chi connectivity index (χ0) is 33.9. The second kappa shape index (κ2) is 17.1. The molecule has 2 aliphatic rings. The van der Waals surface area contributed by atoms with E-state index in [9.17, 15) is 0 Å². The molecular formula is C45H58N2O2. The van der Waals surface area contributed by atoms with Crippen LogP contribution in [0.4, 0.5) is 11.4 Å². The number of hydrogen-bond acceptors (Lipinski definition) is 4. The SMILES string of the molecule is CCCCCCCCC[C@H]1CC[C@@H](C2CCC(c3ccc(Oc4ccc(N)cc4)cc3)(c3ccc(Oc4ccc(N)cc4)cc3)CC2)CC1. The van der Waals surface area contributed by atoms with E-state index in [1.54, 1.807) is 0 Å². The van der Waals surface area contributed by atoms with Crippen LogP contribution in [0.25, 0.3) is 0 Å². The summed E-state index contributed by atoms with van der Waals surface area (Å²) < 4.78 is 12.3. The van der Waals surface area contributed by atoms with Crippen molar-refractivity contribution in [3.63, 3.8) is 0 Å². The van der Waals surface area contributed by atoms with Crippen molar-refractivity contribution in [2.24, 2.45) is 17.8 Å². The fourth-order valence-electron chi connectivity index (χ4n) is 8.71. The monoisotopic (exact) mass is 658 g/mol. The van der Waals surface area contributed by atoms with Gasteiger partial charge in [0.25, 0.3) is 0 Å². The van der Waals surface area contributed by atoms with E-state index in [1.165, 1.54) is 114 Å². The maximum Gasteiger partial charge on any atom is 0.127 e. The molecule has 260 valence electrons. The van der Waals surface area contributed by atoms with Crippen LogP contribution >= 0.6 is 0 Å². The molecule has 4 nitrogen and oxygen atoms in total. The summed E-state index contributed by atoms with van der Waals surface area (Å²) >= 11 is 0. The van der Waals surface area contributed by atoms with Gasteiger partial charge in [-0.2, -0.15) is 0 Å². The topological polar surface area (TPSA) is 70.5 Å². The third-order valence-electron chi connectivity index (χ3n) is 11.7. The summed E-state index contributed by atoms with van der Waals surface area (Å²) in [5.74, 6) is 5.99. The first-order valence-electron chi connectivity index (χ1n) is 19.3. The Morgan fingerprint density at radius 1 is 0.490 bits per heavy atom. The van der Waals surface area contributed by atoms with Crippen molar-refractivity contribution in [2.75, 3.05) is 11.5 Å². The van der Waals surface area contributed by atoms with Crippen LogP contribution in [0.2, 0.25) is 0 Å². The molecule has 4 heteroatoms. The Bertz CT molecular complexity index is 1440. The van der Waals surface area contributed by atoms with E-state index < -0.39 is 0 Å². The predicted octanol–water partition coefficient (Wildman–Crippen LogP) is 12.9. The van der Waals surface area contributed by atoms with Gasteiger partial charge in [0.1, 0.15) is 23.0 Å². The molecule has 0 radical (unpaired) electrons. The first-order chi connectivity index (χ1) is 24.0. The average molecular weight is 659 g/mol. The highest BCUT2D eigenvalue weighted by molar-refractivity contribution is 5.47. The van der Waals surface area contributed by atoms with Crippen molar-refractivity contribution in [2.45, 2.75) is 115 Å². The molecule has 0 atom stereocenters. The van der Waals surface area contributed by atoms with E-state index in [2.05, 4.69) is 55.5 Å². The number of hydrogen-bond donors (Lipinski definition) is 2. The van der Waals surface area contributed by atoms with E-state index in [4.69, 9.17) is 20.9 Å². The van der Waals surface area contributed by atoms with Crippen LogP contribution in [0.1, 0.15) is 121 Å². The molecule has 4 N–H and O–H groups in total. The molecule has 0 unspecified atom stereocenters. The Labute approximate surface area is 295 Å². The molecular weight excluding hydrogens is 601 g/mol. The van der Waals surface area contributed by atoms with Gasteiger partial charge in [-0.25, -0.2) is 0 Å². The molecule has 0 spiro atoms. The third-order valence-corrected chi connectivity index (χ3v) is 11.7. The average Bonchev–Trinajstić information content (AvgIpc) is 3.14. The van der Waals surface area contributed by atoms with Gasteiger partial charge in [0, 0.05) is 16.8 Å². The Balaban J connectivity index is 1.10. The van der Waals surface area contributed by atoms with Crippen LogP contribution in [0.15, 0.2) is 97.1 Å². The number of unbranched alkanes of at least 4 members (excludes halogenated alkanes) is 6. The lowest BCUT2D eigenvalue weighted by atomic mass is 9.60. The number of benzene rings is 4. The Hall–Kier alpha value is -3.92. The first kappa shape index (κ1) is 34.9. The summed E-state index contributed by atoms with van der Waals surface area (Å²) in [5.41, 5.74) is 16.0. The van der Waals surface area contributed by atoms with Gasteiger partial charge in [0.05, 0.1) is 0 Å². The van der Waals surface area contributed by atoms with Crippen molar-refractivity contribution < 1.29 is 9.47 Å². The van der Waals surface area contributed by atoms with Gasteiger partial charge in [-0.3, -0.25) is 0 Å². The lowest BCUT2D eigenvalue weighted by Crippen LogP contribution is -2.35. The summed E-state index contributed by atoms with van der Waals surface area (Å²) in [6, 6.07) is 32.9. The number of nitrogen functional groups attached to an aromatic ring is 2. The van der Waals surface area contributed by atoms with E-state index in [1.807, 2.05) is 48.5 Å². The maximum atomic E-state index is 6.17. The molecule has 0 heterocycles. The number of nitrogens with two attached hydrogens (primary N) is 2. The van der Waals surface area contributed by atoms with Crippen LogP contribution in [0.3, 0.4) is 0 Å². The van der Waals surface area contributed by atoms with Crippen LogP contribution in [0.5, 0.6) is 23.0 Å². The summed E-state index contributed by atoms with van der Waals surface area (Å²) in [6.07, 6.45) is 22.1. The minimum absolute atomic E-state index is 0.0235. The van der Waals surface area contributed by atoms with E-state index in [0.29, 0.717) is 0 Å². The Morgan fingerprint density at radius 2 is 0.878 bits per heavy atom. The largest absolute Gasteiger partial charge is 0.457 e. The normalized spacial score (nSPS) is 19.4. The van der Waals surface area contributed by atoms with Gasteiger partial charge >= 0.3 is 0 Å². The van der Waals surface area contributed by atoms with E-state index >= 15 is 0 Å². The molecule has 2 fully saturated rings. The van der Waals surface area contributed by atoms with Crippen molar-refractivity contribution >= 4 is 11.4 Å². The van der Waals surface area contributed by atoms with Crippen LogP contribution in [-0.2, 0) is 5.41 Å². The highest BCUT2D eigenvalue weighted by atomic mass is 16.5. The first-order valence-corrected chi connectivity index (χ1v) is 19.3. The molecule has 0 saturated heterocycles. The molecule has 2 saturated carbocycles. The summed E-state index contributed by atoms with van der Waals surface area (Å²) in [4.78, 5) is 0. The maximum absolute atomic E-state index is 6.17. The Morgan fingerprint density at radius 3 is 1.33 bits per heavy atom. The number of ether oxygens (including phenoxy) is 2. The smallest absolute Gasteiger partial charge is 0.127 e. The fourth-order valence-corrected chi connectivity index (χ4v) is 8.71. The molecule has 2 aliphatic carbocycles. The number of rotatable bonds is 15. The molecule has 4 aromatic carbocycles. The van der Waals surface area contributed by atoms with E-state index in [-0.39, 0.29) is 5.41 Å². The molecule has 0 amide bonds. The van der Waals surface area contributed by atoms with Crippen molar-refractivity contribution in [1.82, 2.24) is 0 Å². The third kappa shape index (κ3) is 9.41. The fraction of sp³-hybridized carbons (Fsp3) is 0.467. The molecule has 6 rings (SSSR count). The molecule has 49 heavy (non-hydrogen) atoms. The molecule has 0 aliphatic heterocycles. The quantitative estimate of drug-likeness (QED) is 0.0985. The second-order valence-electron chi connectivity index (χ2n) is 15.0. The van der Waals surface area contributed by atoms with Gasteiger partial charge < -0.3 is 20.9 Å². The molecule has 4 aromatic rings. The highest BCUT2D eigenvalue weighted by Gasteiger charge is 2.41. The second-order valence-corrected chi connectivity index (χ2v) is 15.0. The lowest BCUT2D eigenvalue weighted by Gasteiger charge is -2.44. The molecule has 0 bridgehead atoms. The summed E-state index contributed by atoms with van der Waals surface area (Å²) in [7, 11) is 0. The minimum Gasteiger partial charge on any atom is -0.457 e. The lowest BCUT2D eigenvalue weighted by molar-refractivity contribution is 0.140. The molecule has 0 aromatic heterocycles. The minimum atomic E-state index is -0.0235. The van der Waals surface area contributed by atoms with E-state index in [0.717, 1.165) is 52.1 Å². The van der Waals surface area contributed by atoms with Gasteiger partial charge in [-0.05, 0) is 140 Å². The van der Waals surface area contributed by atoms with Crippen molar-refractivity contribution in [1.29, 1.82) is 0 Å². The zero-order valence-electron chi connectivity index (χ0n) is 29.8. The summed E-state index contributed by atoms with van der Waals surface area (Å²) in [5, 5.41) is 0.